The van der Waals surface area contributed by atoms with Gasteiger partial charge in [-0.2, -0.15) is 5.10 Å². The van der Waals surface area contributed by atoms with Crippen molar-refractivity contribution in [1.29, 1.82) is 0 Å². The molecule has 5 rings (SSSR count). The quantitative estimate of drug-likeness (QED) is 0.259. The number of ether oxygens (including phenoxy) is 3. The summed E-state index contributed by atoms with van der Waals surface area (Å²) >= 11 is 6.14. The largest absolute Gasteiger partial charge is 0.494 e. The molecular weight excluding hydrogens is 502 g/mol. The Morgan fingerprint density at radius 1 is 1.00 bits per heavy atom. The lowest BCUT2D eigenvalue weighted by molar-refractivity contribution is 0.0745. The number of methoxy groups -OCH3 is 2. The van der Waals surface area contributed by atoms with E-state index < -0.39 is 0 Å². The van der Waals surface area contributed by atoms with Gasteiger partial charge in [0.05, 0.1) is 32.6 Å². The third-order valence-electron chi connectivity index (χ3n) is 6.72. The van der Waals surface area contributed by atoms with Crippen molar-refractivity contribution in [2.75, 3.05) is 27.4 Å². The standard InChI is InChI=1S/C30H30ClN3O4/c1-4-16-38-23-7-5-6-21(18-23)29-26-27(20-9-11-22(31)12-10-20)32-33-28(26)30(35)34(29)15-14-19-8-13-24(36-2)25(17-19)37-3/h5-13,17-18,29H,4,14-16H2,1-3H3,(H,32,33). The van der Waals surface area contributed by atoms with E-state index in [0.29, 0.717) is 41.8 Å². The number of nitrogens with zero attached hydrogens (tertiary/aromatic N) is 2. The van der Waals surface area contributed by atoms with E-state index in [-0.39, 0.29) is 11.9 Å². The summed E-state index contributed by atoms with van der Waals surface area (Å²) in [5.74, 6) is 2.03. The molecule has 7 nitrogen and oxygen atoms in total. The summed E-state index contributed by atoms with van der Waals surface area (Å²) in [6.45, 7) is 3.20. The number of H-pyrrole nitrogens is 1. The number of rotatable bonds is 10. The van der Waals surface area contributed by atoms with Crippen LogP contribution in [0.5, 0.6) is 17.2 Å². The Hall–Kier alpha value is -3.97. The van der Waals surface area contributed by atoms with Gasteiger partial charge in [-0.05, 0) is 60.4 Å². The molecule has 1 aliphatic heterocycles. The zero-order chi connectivity index (χ0) is 26.6. The maximum absolute atomic E-state index is 13.7. The first kappa shape index (κ1) is 25.7. The van der Waals surface area contributed by atoms with Gasteiger partial charge in [0.2, 0.25) is 0 Å². The van der Waals surface area contributed by atoms with E-state index in [4.69, 9.17) is 25.8 Å². The van der Waals surface area contributed by atoms with E-state index in [2.05, 4.69) is 17.1 Å². The Labute approximate surface area is 227 Å². The first-order valence-electron chi connectivity index (χ1n) is 12.6. The number of fused-ring (bicyclic) bond motifs is 1. The zero-order valence-corrected chi connectivity index (χ0v) is 22.4. The SMILES string of the molecule is CCCOc1cccc(C2c3c(-c4ccc(Cl)cc4)n[nH]c3C(=O)N2CCc2ccc(OC)c(OC)c2)c1. The second-order valence-corrected chi connectivity index (χ2v) is 9.57. The van der Waals surface area contributed by atoms with Crippen molar-refractivity contribution in [1.82, 2.24) is 15.1 Å². The van der Waals surface area contributed by atoms with Crippen molar-refractivity contribution in [3.8, 4) is 28.5 Å². The molecule has 196 valence electrons. The number of nitrogens with one attached hydrogen (secondary N) is 1. The maximum Gasteiger partial charge on any atom is 0.273 e. The van der Waals surface area contributed by atoms with Crippen molar-refractivity contribution < 1.29 is 19.0 Å². The van der Waals surface area contributed by atoms with Crippen LogP contribution < -0.4 is 14.2 Å². The molecule has 0 bridgehead atoms. The van der Waals surface area contributed by atoms with Crippen LogP contribution >= 0.6 is 11.6 Å². The fourth-order valence-electron chi connectivity index (χ4n) is 4.88. The predicted octanol–water partition coefficient (Wildman–Crippen LogP) is 6.32. The van der Waals surface area contributed by atoms with E-state index >= 15 is 0 Å². The summed E-state index contributed by atoms with van der Waals surface area (Å²) in [7, 11) is 3.23. The minimum Gasteiger partial charge on any atom is -0.494 e. The summed E-state index contributed by atoms with van der Waals surface area (Å²) in [6.07, 6.45) is 1.55. The average molecular weight is 532 g/mol. The number of halogens is 1. The van der Waals surface area contributed by atoms with Crippen LogP contribution in [-0.4, -0.2) is 48.4 Å². The smallest absolute Gasteiger partial charge is 0.273 e. The van der Waals surface area contributed by atoms with Gasteiger partial charge in [-0.25, -0.2) is 0 Å². The van der Waals surface area contributed by atoms with E-state index in [1.807, 2.05) is 71.6 Å². The highest BCUT2D eigenvalue weighted by Crippen LogP contribution is 2.43. The van der Waals surface area contributed by atoms with Crippen LogP contribution in [0.2, 0.25) is 5.02 Å². The molecule has 38 heavy (non-hydrogen) atoms. The van der Waals surface area contributed by atoms with Crippen LogP contribution in [0, 0.1) is 0 Å². The van der Waals surface area contributed by atoms with Gasteiger partial charge in [0.25, 0.3) is 5.91 Å². The lowest BCUT2D eigenvalue weighted by Gasteiger charge is -2.27. The molecule has 1 N–H and O–H groups in total. The van der Waals surface area contributed by atoms with Crippen LogP contribution in [0.25, 0.3) is 11.3 Å². The Kier molecular flexibility index (Phi) is 7.56. The minimum atomic E-state index is -0.327. The number of carbonyl (C=O) groups is 1. The second-order valence-electron chi connectivity index (χ2n) is 9.13. The normalized spacial score (nSPS) is 14.5. The topological polar surface area (TPSA) is 76.7 Å². The number of aromatic nitrogens is 2. The van der Waals surface area contributed by atoms with Gasteiger partial charge in [-0.1, -0.05) is 48.9 Å². The van der Waals surface area contributed by atoms with E-state index in [1.54, 1.807) is 14.2 Å². The van der Waals surface area contributed by atoms with E-state index in [1.165, 1.54) is 0 Å². The summed E-state index contributed by atoms with van der Waals surface area (Å²) in [6, 6.07) is 21.0. The molecule has 3 aromatic carbocycles. The molecule has 0 aliphatic carbocycles. The number of carbonyl (C=O) groups excluding carboxylic acids is 1. The number of amides is 1. The van der Waals surface area contributed by atoms with Gasteiger partial charge in [0.15, 0.2) is 11.5 Å². The molecule has 2 heterocycles. The molecule has 1 unspecified atom stereocenters. The van der Waals surface area contributed by atoms with Gasteiger partial charge >= 0.3 is 0 Å². The second kappa shape index (κ2) is 11.2. The molecule has 1 atom stereocenters. The van der Waals surface area contributed by atoms with Crippen molar-refractivity contribution >= 4 is 17.5 Å². The average Bonchev–Trinajstić information content (AvgIpc) is 3.49. The van der Waals surface area contributed by atoms with Crippen molar-refractivity contribution in [2.45, 2.75) is 25.8 Å². The van der Waals surface area contributed by atoms with Gasteiger partial charge < -0.3 is 19.1 Å². The third kappa shape index (κ3) is 4.94. The minimum absolute atomic E-state index is 0.0851. The number of hydrogen-bond donors (Lipinski definition) is 1. The maximum atomic E-state index is 13.7. The zero-order valence-electron chi connectivity index (χ0n) is 21.7. The lowest BCUT2D eigenvalue weighted by atomic mass is 9.95. The summed E-state index contributed by atoms with van der Waals surface area (Å²) in [5, 5.41) is 8.21. The first-order chi connectivity index (χ1) is 18.5. The van der Waals surface area contributed by atoms with Crippen molar-refractivity contribution in [2.24, 2.45) is 0 Å². The van der Waals surface area contributed by atoms with Crippen LogP contribution in [0.4, 0.5) is 0 Å². The van der Waals surface area contributed by atoms with E-state index in [0.717, 1.165) is 40.1 Å². The van der Waals surface area contributed by atoms with E-state index in [9.17, 15) is 4.79 Å². The summed E-state index contributed by atoms with van der Waals surface area (Å²) in [5.41, 5.74) is 5.01. The molecule has 0 radical (unpaired) electrons. The fraction of sp³-hybridized carbons (Fsp3) is 0.267. The highest BCUT2D eigenvalue weighted by molar-refractivity contribution is 6.30. The molecule has 1 amide bonds. The molecule has 4 aromatic rings. The van der Waals surface area contributed by atoms with Crippen molar-refractivity contribution in [3.63, 3.8) is 0 Å². The molecule has 8 heteroatoms. The Bertz CT molecular complexity index is 1430. The van der Waals surface area contributed by atoms with Gasteiger partial charge in [-0.15, -0.1) is 0 Å². The molecule has 1 aromatic heterocycles. The van der Waals surface area contributed by atoms with Gasteiger partial charge in [0, 0.05) is 22.7 Å². The molecule has 0 fully saturated rings. The summed E-state index contributed by atoms with van der Waals surface area (Å²) in [4.78, 5) is 15.6. The van der Waals surface area contributed by atoms with Crippen LogP contribution in [0.15, 0.2) is 66.7 Å². The Balaban J connectivity index is 1.53. The molecule has 0 spiro atoms. The Morgan fingerprint density at radius 2 is 1.79 bits per heavy atom. The summed E-state index contributed by atoms with van der Waals surface area (Å²) < 4.78 is 16.8. The van der Waals surface area contributed by atoms with Crippen LogP contribution in [-0.2, 0) is 6.42 Å². The Morgan fingerprint density at radius 3 is 2.53 bits per heavy atom. The van der Waals surface area contributed by atoms with Crippen LogP contribution in [0.1, 0.15) is 46.6 Å². The monoisotopic (exact) mass is 531 g/mol. The predicted molar refractivity (Wildman–Crippen MR) is 147 cm³/mol. The highest BCUT2D eigenvalue weighted by atomic mass is 35.5. The first-order valence-corrected chi connectivity index (χ1v) is 13.0. The van der Waals surface area contributed by atoms with Crippen LogP contribution in [0.3, 0.4) is 0 Å². The fourth-order valence-corrected chi connectivity index (χ4v) is 5.01. The van der Waals surface area contributed by atoms with Gasteiger partial charge in [-0.3, -0.25) is 9.89 Å². The number of hydrogen-bond acceptors (Lipinski definition) is 5. The third-order valence-corrected chi connectivity index (χ3v) is 6.97. The molecule has 0 saturated carbocycles. The van der Waals surface area contributed by atoms with Crippen molar-refractivity contribution in [3.05, 3.63) is 94.1 Å². The number of benzene rings is 3. The molecule has 1 aliphatic rings. The highest BCUT2D eigenvalue weighted by Gasteiger charge is 2.42. The molecule has 0 saturated heterocycles. The lowest BCUT2D eigenvalue weighted by Crippen LogP contribution is -2.31. The number of aromatic amines is 1. The molecular formula is C30H30ClN3O4. The van der Waals surface area contributed by atoms with Gasteiger partial charge in [0.1, 0.15) is 11.4 Å².